The number of hydrogen-bond donors (Lipinski definition) is 4. The number of pyridine rings is 1. The lowest BCUT2D eigenvalue weighted by Gasteiger charge is -2.24. The summed E-state index contributed by atoms with van der Waals surface area (Å²) >= 11 is 0. The van der Waals surface area contributed by atoms with Gasteiger partial charge >= 0.3 is 0 Å². The van der Waals surface area contributed by atoms with Crippen molar-refractivity contribution >= 4 is 34.4 Å². The molecule has 5 N–H and O–H groups in total. The second-order valence-corrected chi connectivity index (χ2v) is 17.5. The van der Waals surface area contributed by atoms with Crippen LogP contribution in [-0.2, 0) is 61.0 Å². The van der Waals surface area contributed by atoms with Gasteiger partial charge in [-0.25, -0.2) is 14.6 Å². The number of nitrogens with two attached hydrogens (primary N) is 1. The number of aromatic nitrogens is 4. The Morgan fingerprint density at radius 1 is 0.720 bits per heavy atom. The van der Waals surface area contributed by atoms with Gasteiger partial charge in [0.15, 0.2) is 11.4 Å². The van der Waals surface area contributed by atoms with Crippen LogP contribution in [0.25, 0.3) is 22.7 Å². The first-order valence-electron chi connectivity index (χ1n) is 25.2. The number of amides is 2. The molecule has 5 rings (SSSR count). The maximum Gasteiger partial charge on any atom is 0.274 e. The molecule has 3 heterocycles. The highest BCUT2D eigenvalue weighted by Gasteiger charge is 2.28. The number of oxazole rings is 1. The van der Waals surface area contributed by atoms with E-state index < -0.39 is 30.0 Å². The van der Waals surface area contributed by atoms with Crippen LogP contribution in [0, 0.1) is 5.92 Å². The molecular weight excluding hydrogens is 975 g/mol. The number of nitrogens with zero attached hydrogens (tertiary/aromatic N) is 4. The molecule has 0 bridgehead atoms. The molecule has 22 nitrogen and oxygen atoms in total. The molecule has 3 aromatic heterocycles. The highest BCUT2D eigenvalue weighted by atomic mass is 16.6. The summed E-state index contributed by atoms with van der Waals surface area (Å²) < 4.78 is 57.0. The summed E-state index contributed by atoms with van der Waals surface area (Å²) in [5, 5.41) is 20.2. The number of ether oxygens (including phenoxy) is 9. The van der Waals surface area contributed by atoms with Crippen LogP contribution in [0.4, 0.5) is 5.69 Å². The molecule has 410 valence electrons. The molecule has 0 aliphatic carbocycles. The number of fused-ring (bicyclic) bond motifs is 1. The van der Waals surface area contributed by atoms with Gasteiger partial charge < -0.3 is 68.5 Å². The summed E-state index contributed by atoms with van der Waals surface area (Å²) in [4.78, 5) is 58.9. The Hall–Kier alpha value is -6.05. The molecule has 3 atom stereocenters. The van der Waals surface area contributed by atoms with E-state index >= 15 is 0 Å². The Morgan fingerprint density at radius 2 is 1.29 bits per heavy atom. The Kier molecular flexibility index (Phi) is 27.5. The predicted octanol–water partition coefficient (Wildman–Crippen LogP) is 3.56. The fraction of sp³-hybridized carbons (Fsp3) is 0.528. The number of Topliss-reactive ketones (excluding diaryl/α,β-unsaturated/α-hetero) is 1. The lowest BCUT2D eigenvalue weighted by atomic mass is 9.96. The van der Waals surface area contributed by atoms with E-state index in [0.717, 1.165) is 5.56 Å². The summed E-state index contributed by atoms with van der Waals surface area (Å²) in [6, 6.07) is 19.1. The fourth-order valence-electron chi connectivity index (χ4n) is 7.10. The summed E-state index contributed by atoms with van der Waals surface area (Å²) in [5.74, 6) is -0.246. The van der Waals surface area contributed by atoms with Gasteiger partial charge in [0.1, 0.15) is 35.4 Å². The van der Waals surface area contributed by atoms with Gasteiger partial charge in [-0.3, -0.25) is 19.2 Å². The first kappa shape index (κ1) is 59.8. The van der Waals surface area contributed by atoms with Gasteiger partial charge in [-0.1, -0.05) is 44.2 Å². The van der Waals surface area contributed by atoms with Crippen LogP contribution >= 0.6 is 0 Å². The van der Waals surface area contributed by atoms with Gasteiger partial charge in [0.25, 0.3) is 17.4 Å². The predicted molar refractivity (Wildman–Crippen MR) is 276 cm³/mol. The molecule has 0 aliphatic rings. The maximum absolute atomic E-state index is 13.0. The molecule has 2 aromatic carbocycles. The molecular formula is C53H73N7O15. The van der Waals surface area contributed by atoms with E-state index in [1.165, 1.54) is 23.0 Å². The highest BCUT2D eigenvalue weighted by Crippen LogP contribution is 2.25. The normalized spacial score (nSPS) is 12.7. The molecule has 0 saturated heterocycles. The Labute approximate surface area is 436 Å². The van der Waals surface area contributed by atoms with Crippen molar-refractivity contribution in [2.45, 2.75) is 57.7 Å². The number of hydrogen-bond acceptors (Lipinski definition) is 19. The van der Waals surface area contributed by atoms with Crippen LogP contribution in [0.3, 0.4) is 0 Å². The monoisotopic (exact) mass is 1050 g/mol. The first-order chi connectivity index (χ1) is 36.5. The standard InChI is InChI=1S/C53H73N7O15/c1-38(2)34-45(57-52(65)50(63)42(54)35-39-8-5-4-6-9-39)47(61)10-7-17-66-18-19-67-20-21-68-22-23-69-24-25-70-26-27-71-28-29-72-30-31-73-32-33-74-41-12-13-43(55-37-41)51(64)56-40-11-15-48-46(36-40)58-53(75-48)44-14-16-49(62)60(3)59-44/h4-6,8-9,11-16,36-38,42,45,50,63H,7,10,17-35,54H2,1-3H3,(H,56,64)(H,57,65)/t42-,45+,50+/m1/s1. The number of carbonyl (C=O) groups excluding carboxylic acids is 3. The summed E-state index contributed by atoms with van der Waals surface area (Å²) in [5.41, 5.74) is 8.90. The average Bonchev–Trinajstić information content (AvgIpc) is 3.83. The minimum atomic E-state index is -1.43. The van der Waals surface area contributed by atoms with Crippen molar-refractivity contribution in [2.75, 3.05) is 118 Å². The SMILES string of the molecule is CC(C)C[C@H](NC(=O)[C@@H](O)[C@H](N)Cc1ccccc1)C(=O)CCCOCCOCCOCCOCCOCCOCCOCCOCCOc1ccc(C(=O)Nc2ccc3oc(-c4ccc(=O)n(C)n4)nc3c2)nc1. The number of rotatable bonds is 40. The number of benzene rings is 2. The quantitative estimate of drug-likeness (QED) is 0.0408. The Balaban J connectivity index is 0.744. The van der Waals surface area contributed by atoms with Crippen LogP contribution in [0.15, 0.2) is 88.2 Å². The van der Waals surface area contributed by atoms with E-state index in [0.29, 0.717) is 160 Å². The number of nitrogens with one attached hydrogen (secondary N) is 2. The maximum atomic E-state index is 13.0. The van der Waals surface area contributed by atoms with Gasteiger partial charge in [-0.05, 0) is 67.1 Å². The molecule has 0 radical (unpaired) electrons. The minimum absolute atomic E-state index is 0.108. The number of aliphatic hydroxyl groups excluding tert-OH is 1. The topological polar surface area (TPSA) is 278 Å². The van der Waals surface area contributed by atoms with Crippen molar-refractivity contribution in [1.29, 1.82) is 0 Å². The third kappa shape index (κ3) is 23.2. The smallest absolute Gasteiger partial charge is 0.274 e. The van der Waals surface area contributed by atoms with E-state index in [9.17, 15) is 24.3 Å². The van der Waals surface area contributed by atoms with Crippen LogP contribution in [0.1, 0.15) is 49.2 Å². The molecule has 5 aromatic rings. The zero-order valence-electron chi connectivity index (χ0n) is 43.2. The van der Waals surface area contributed by atoms with Crippen LogP contribution in [0.5, 0.6) is 5.75 Å². The van der Waals surface area contributed by atoms with Crippen molar-refractivity contribution in [3.8, 4) is 17.3 Å². The van der Waals surface area contributed by atoms with E-state index in [1.54, 1.807) is 37.4 Å². The van der Waals surface area contributed by atoms with E-state index in [4.69, 9.17) is 52.8 Å². The van der Waals surface area contributed by atoms with Crippen molar-refractivity contribution in [1.82, 2.24) is 25.1 Å². The summed E-state index contributed by atoms with van der Waals surface area (Å²) in [6.07, 6.45) is 1.57. The molecule has 0 saturated carbocycles. The van der Waals surface area contributed by atoms with Crippen molar-refractivity contribution in [3.05, 3.63) is 101 Å². The van der Waals surface area contributed by atoms with Gasteiger partial charge in [0.05, 0.1) is 111 Å². The molecule has 75 heavy (non-hydrogen) atoms. The second-order valence-electron chi connectivity index (χ2n) is 17.5. The third-order valence-corrected chi connectivity index (χ3v) is 11.0. The lowest BCUT2D eigenvalue weighted by molar-refractivity contribution is -0.134. The molecule has 0 unspecified atom stereocenters. The number of ketones is 1. The lowest BCUT2D eigenvalue weighted by Crippen LogP contribution is -2.52. The van der Waals surface area contributed by atoms with Gasteiger partial charge in [-0.15, -0.1) is 0 Å². The Bertz CT molecular complexity index is 2470. The molecule has 0 fully saturated rings. The summed E-state index contributed by atoms with van der Waals surface area (Å²) in [7, 11) is 1.54. The van der Waals surface area contributed by atoms with Gasteiger partial charge in [0.2, 0.25) is 5.89 Å². The zero-order valence-corrected chi connectivity index (χ0v) is 43.2. The van der Waals surface area contributed by atoms with Crippen molar-refractivity contribution in [2.24, 2.45) is 18.7 Å². The molecule has 22 heteroatoms. The number of carbonyl (C=O) groups is 3. The van der Waals surface area contributed by atoms with E-state index in [-0.39, 0.29) is 35.3 Å². The molecule has 2 amide bonds. The van der Waals surface area contributed by atoms with Crippen molar-refractivity contribution in [3.63, 3.8) is 0 Å². The van der Waals surface area contributed by atoms with Gasteiger partial charge in [0, 0.05) is 37.9 Å². The summed E-state index contributed by atoms with van der Waals surface area (Å²) in [6.45, 7) is 10.8. The number of aryl methyl sites for hydroxylation is 1. The number of aliphatic hydroxyl groups is 1. The molecule has 0 spiro atoms. The van der Waals surface area contributed by atoms with Crippen LogP contribution in [0.2, 0.25) is 0 Å². The average molecular weight is 1050 g/mol. The largest absolute Gasteiger partial charge is 0.490 e. The minimum Gasteiger partial charge on any atom is -0.490 e. The highest BCUT2D eigenvalue weighted by molar-refractivity contribution is 6.03. The van der Waals surface area contributed by atoms with Gasteiger partial charge in [-0.2, -0.15) is 5.10 Å². The fourth-order valence-corrected chi connectivity index (χ4v) is 7.10. The first-order valence-corrected chi connectivity index (χ1v) is 25.2. The Morgan fingerprint density at radius 3 is 1.84 bits per heavy atom. The zero-order chi connectivity index (χ0) is 53.5. The van der Waals surface area contributed by atoms with E-state index in [2.05, 4.69) is 25.7 Å². The second kappa shape index (κ2) is 34.5. The van der Waals surface area contributed by atoms with Crippen LogP contribution in [-0.4, -0.2) is 173 Å². The van der Waals surface area contributed by atoms with Crippen LogP contribution < -0.4 is 26.7 Å². The van der Waals surface area contributed by atoms with E-state index in [1.807, 2.05) is 44.2 Å². The third-order valence-electron chi connectivity index (χ3n) is 11.0. The number of anilines is 1. The van der Waals surface area contributed by atoms with Crippen molar-refractivity contribution < 1.29 is 66.5 Å². The molecule has 0 aliphatic heterocycles.